The van der Waals surface area contributed by atoms with Crippen LogP contribution in [-0.4, -0.2) is 18.8 Å². The van der Waals surface area contributed by atoms with Crippen molar-refractivity contribution in [3.8, 4) is 5.75 Å². The van der Waals surface area contributed by atoms with E-state index >= 15 is 0 Å². The first-order valence-electron chi connectivity index (χ1n) is 6.79. The van der Waals surface area contributed by atoms with Crippen molar-refractivity contribution in [1.29, 1.82) is 0 Å². The van der Waals surface area contributed by atoms with E-state index in [9.17, 15) is 9.59 Å². The molecule has 106 valence electrons. The lowest BCUT2D eigenvalue weighted by Crippen LogP contribution is -2.19. The van der Waals surface area contributed by atoms with Crippen LogP contribution in [0.3, 0.4) is 0 Å². The summed E-state index contributed by atoms with van der Waals surface area (Å²) in [7, 11) is 1.57. The predicted octanol–water partition coefficient (Wildman–Crippen LogP) is 2.81. The normalized spacial score (nSPS) is 13.3. The van der Waals surface area contributed by atoms with Crippen LogP contribution in [0.15, 0.2) is 42.5 Å². The molecule has 0 radical (unpaired) electrons. The molecule has 0 saturated carbocycles. The van der Waals surface area contributed by atoms with Crippen LogP contribution in [0.5, 0.6) is 5.75 Å². The second-order valence-corrected chi connectivity index (χ2v) is 4.98. The van der Waals surface area contributed by atoms with Gasteiger partial charge >= 0.3 is 0 Å². The molecule has 3 rings (SSSR count). The zero-order valence-electron chi connectivity index (χ0n) is 11.7. The third-order valence-electron chi connectivity index (χ3n) is 3.59. The van der Waals surface area contributed by atoms with Gasteiger partial charge in [0.2, 0.25) is 5.91 Å². The first-order chi connectivity index (χ1) is 10.2. The molecule has 1 amide bonds. The molecule has 0 spiro atoms. The van der Waals surface area contributed by atoms with E-state index in [-0.39, 0.29) is 11.7 Å². The smallest absolute Gasteiger partial charge is 0.224 e. The van der Waals surface area contributed by atoms with Crippen molar-refractivity contribution in [3.05, 3.63) is 59.2 Å². The summed E-state index contributed by atoms with van der Waals surface area (Å²) in [6.07, 6.45) is 1.13. The highest BCUT2D eigenvalue weighted by molar-refractivity contribution is 6.09. The number of ketones is 1. The Bertz CT molecular complexity index is 722. The second-order valence-electron chi connectivity index (χ2n) is 4.98. The topological polar surface area (TPSA) is 55.4 Å². The van der Waals surface area contributed by atoms with E-state index in [0.717, 1.165) is 11.3 Å². The second kappa shape index (κ2) is 5.40. The van der Waals surface area contributed by atoms with Gasteiger partial charge in [-0.25, -0.2) is 0 Å². The fourth-order valence-corrected chi connectivity index (χ4v) is 2.46. The van der Waals surface area contributed by atoms with Crippen LogP contribution in [0.2, 0.25) is 0 Å². The van der Waals surface area contributed by atoms with E-state index in [2.05, 4.69) is 5.32 Å². The molecule has 4 nitrogen and oxygen atoms in total. The molecule has 0 unspecified atom stereocenters. The molecule has 0 atom stereocenters. The van der Waals surface area contributed by atoms with E-state index in [4.69, 9.17) is 4.74 Å². The Balaban J connectivity index is 1.93. The maximum atomic E-state index is 12.5. The fourth-order valence-electron chi connectivity index (χ4n) is 2.46. The van der Waals surface area contributed by atoms with Crippen molar-refractivity contribution in [1.82, 2.24) is 0 Å². The van der Waals surface area contributed by atoms with Crippen molar-refractivity contribution in [2.45, 2.75) is 12.8 Å². The number of carbonyl (C=O) groups excluding carboxylic acids is 2. The first-order valence-corrected chi connectivity index (χ1v) is 6.79. The minimum atomic E-state index is -0.0476. The number of nitrogens with one attached hydrogen (secondary N) is 1. The monoisotopic (exact) mass is 281 g/mol. The SMILES string of the molecule is COc1cccc(C(=O)c2ccc3c(c2)CCC(=O)N3)c1. The quantitative estimate of drug-likeness (QED) is 0.880. The minimum Gasteiger partial charge on any atom is -0.497 e. The number of carbonyl (C=O) groups is 2. The number of hydrogen-bond donors (Lipinski definition) is 1. The van der Waals surface area contributed by atoms with Gasteiger partial charge in [0.25, 0.3) is 0 Å². The third-order valence-corrected chi connectivity index (χ3v) is 3.59. The Hall–Kier alpha value is -2.62. The molecular formula is C17H15NO3. The maximum absolute atomic E-state index is 12.5. The summed E-state index contributed by atoms with van der Waals surface area (Å²) in [6.45, 7) is 0. The summed E-state index contributed by atoms with van der Waals surface area (Å²) in [5.74, 6) is 0.633. The Morgan fingerprint density at radius 1 is 1.10 bits per heavy atom. The molecule has 2 aromatic carbocycles. The Labute approximate surface area is 122 Å². The van der Waals surface area contributed by atoms with Crippen LogP contribution in [0.4, 0.5) is 5.69 Å². The summed E-state index contributed by atoms with van der Waals surface area (Å²) < 4.78 is 5.14. The summed E-state index contributed by atoms with van der Waals surface area (Å²) in [4.78, 5) is 23.9. The number of amides is 1. The fraction of sp³-hybridized carbons (Fsp3) is 0.176. The molecule has 2 aromatic rings. The number of methoxy groups -OCH3 is 1. The van der Waals surface area contributed by atoms with Gasteiger partial charge in [-0.3, -0.25) is 9.59 Å². The largest absolute Gasteiger partial charge is 0.497 e. The van der Waals surface area contributed by atoms with Crippen molar-refractivity contribution in [3.63, 3.8) is 0 Å². The molecule has 1 aliphatic heterocycles. The molecule has 0 aromatic heterocycles. The van der Waals surface area contributed by atoms with Crippen molar-refractivity contribution < 1.29 is 14.3 Å². The summed E-state index contributed by atoms with van der Waals surface area (Å²) >= 11 is 0. The molecule has 1 aliphatic rings. The van der Waals surface area contributed by atoms with Gasteiger partial charge in [0.1, 0.15) is 5.75 Å². The Morgan fingerprint density at radius 3 is 2.71 bits per heavy atom. The average molecular weight is 281 g/mol. The number of anilines is 1. The van der Waals surface area contributed by atoms with E-state index in [1.54, 1.807) is 43.5 Å². The lowest BCUT2D eigenvalue weighted by atomic mass is 9.96. The van der Waals surface area contributed by atoms with Crippen molar-refractivity contribution >= 4 is 17.4 Å². The number of fused-ring (bicyclic) bond motifs is 1. The van der Waals surface area contributed by atoms with E-state index in [1.807, 2.05) is 6.07 Å². The average Bonchev–Trinajstić information content (AvgIpc) is 2.53. The van der Waals surface area contributed by atoms with Gasteiger partial charge in [-0.15, -0.1) is 0 Å². The third kappa shape index (κ3) is 2.65. The zero-order chi connectivity index (χ0) is 14.8. The van der Waals surface area contributed by atoms with Gasteiger partial charge in [-0.2, -0.15) is 0 Å². The highest BCUT2D eigenvalue weighted by atomic mass is 16.5. The standard InChI is InChI=1S/C17H15NO3/c1-21-14-4-2-3-12(10-14)17(20)13-5-7-15-11(9-13)6-8-16(19)18-15/h2-5,7,9-10H,6,8H2,1H3,(H,18,19). The van der Waals surface area contributed by atoms with E-state index in [0.29, 0.717) is 29.7 Å². The van der Waals surface area contributed by atoms with Crippen LogP contribution < -0.4 is 10.1 Å². The van der Waals surface area contributed by atoms with Crippen molar-refractivity contribution in [2.24, 2.45) is 0 Å². The van der Waals surface area contributed by atoms with Gasteiger partial charge < -0.3 is 10.1 Å². The van der Waals surface area contributed by atoms with Gasteiger partial charge in [0.15, 0.2) is 5.78 Å². The molecule has 1 heterocycles. The van der Waals surface area contributed by atoms with Crippen LogP contribution >= 0.6 is 0 Å². The van der Waals surface area contributed by atoms with Crippen LogP contribution in [-0.2, 0) is 11.2 Å². The first kappa shape index (κ1) is 13.4. The Morgan fingerprint density at radius 2 is 1.90 bits per heavy atom. The lowest BCUT2D eigenvalue weighted by molar-refractivity contribution is -0.116. The van der Waals surface area contributed by atoms with Gasteiger partial charge in [-0.05, 0) is 42.3 Å². The molecule has 1 N–H and O–H groups in total. The predicted molar refractivity (Wildman–Crippen MR) is 79.8 cm³/mol. The van der Waals surface area contributed by atoms with Crippen LogP contribution in [0, 0.1) is 0 Å². The van der Waals surface area contributed by atoms with Gasteiger partial charge in [-0.1, -0.05) is 12.1 Å². The minimum absolute atomic E-state index is 0.0226. The number of aryl methyl sites for hydroxylation is 1. The van der Waals surface area contributed by atoms with Crippen molar-refractivity contribution in [2.75, 3.05) is 12.4 Å². The highest BCUT2D eigenvalue weighted by Crippen LogP contribution is 2.25. The Kier molecular flexibility index (Phi) is 3.44. The summed E-state index contributed by atoms with van der Waals surface area (Å²) in [6, 6.07) is 12.5. The summed E-state index contributed by atoms with van der Waals surface area (Å²) in [5, 5.41) is 2.81. The molecule has 21 heavy (non-hydrogen) atoms. The maximum Gasteiger partial charge on any atom is 0.224 e. The lowest BCUT2D eigenvalue weighted by Gasteiger charge is -2.17. The van der Waals surface area contributed by atoms with Crippen LogP contribution in [0.1, 0.15) is 27.9 Å². The van der Waals surface area contributed by atoms with Gasteiger partial charge in [0.05, 0.1) is 7.11 Å². The molecule has 0 fully saturated rings. The molecule has 0 bridgehead atoms. The van der Waals surface area contributed by atoms with Gasteiger partial charge in [0, 0.05) is 23.2 Å². The molecule has 4 heteroatoms. The highest BCUT2D eigenvalue weighted by Gasteiger charge is 2.17. The van der Waals surface area contributed by atoms with Crippen LogP contribution in [0.25, 0.3) is 0 Å². The molecule has 0 saturated heterocycles. The van der Waals surface area contributed by atoms with E-state index in [1.165, 1.54) is 0 Å². The molecule has 0 aliphatic carbocycles. The van der Waals surface area contributed by atoms with E-state index < -0.39 is 0 Å². The number of rotatable bonds is 3. The summed E-state index contributed by atoms with van der Waals surface area (Å²) in [5.41, 5.74) is 3.02. The number of ether oxygens (including phenoxy) is 1. The number of benzene rings is 2. The zero-order valence-corrected chi connectivity index (χ0v) is 11.7. The number of hydrogen-bond acceptors (Lipinski definition) is 3. The molecular weight excluding hydrogens is 266 g/mol.